The molecule has 4 aromatic carbocycles. The molecule has 0 aliphatic carbocycles. The molecule has 0 unspecified atom stereocenters. The Balaban J connectivity index is 1.60. The second-order valence-corrected chi connectivity index (χ2v) is 7.97. The second kappa shape index (κ2) is 7.47. The maximum atomic E-state index is 4.77. The Morgan fingerprint density at radius 1 is 0.531 bits per heavy atom. The number of hydrogen-bond acceptors (Lipinski definition) is 2. The SMILES string of the molecule is Cc1nc(-c2ccccc2)cc(-c2ccc3c4ccccc4n(-c4ccccc4)c3c2)n1. The highest BCUT2D eigenvalue weighted by molar-refractivity contribution is 6.10. The summed E-state index contributed by atoms with van der Waals surface area (Å²) in [6, 6.07) is 38.1. The third-order valence-electron chi connectivity index (χ3n) is 5.89. The van der Waals surface area contributed by atoms with Crippen LogP contribution in [-0.2, 0) is 0 Å². The zero-order valence-electron chi connectivity index (χ0n) is 17.7. The highest BCUT2D eigenvalue weighted by Crippen LogP contribution is 2.34. The molecule has 0 N–H and O–H groups in total. The van der Waals surface area contributed by atoms with E-state index in [4.69, 9.17) is 4.98 Å². The van der Waals surface area contributed by atoms with Crippen molar-refractivity contribution in [3.05, 3.63) is 115 Å². The normalized spacial score (nSPS) is 11.3. The van der Waals surface area contributed by atoms with Crippen molar-refractivity contribution in [1.82, 2.24) is 14.5 Å². The molecule has 0 aliphatic rings. The molecule has 32 heavy (non-hydrogen) atoms. The van der Waals surface area contributed by atoms with Crippen molar-refractivity contribution in [2.75, 3.05) is 0 Å². The first-order valence-electron chi connectivity index (χ1n) is 10.8. The van der Waals surface area contributed by atoms with Crippen LogP contribution >= 0.6 is 0 Å². The van der Waals surface area contributed by atoms with E-state index < -0.39 is 0 Å². The molecule has 3 nitrogen and oxygen atoms in total. The zero-order chi connectivity index (χ0) is 21.5. The Kier molecular flexibility index (Phi) is 4.32. The molecule has 2 heterocycles. The number of aromatic nitrogens is 3. The summed E-state index contributed by atoms with van der Waals surface area (Å²) in [5.41, 5.74) is 7.58. The lowest BCUT2D eigenvalue weighted by Crippen LogP contribution is -1.96. The van der Waals surface area contributed by atoms with E-state index in [-0.39, 0.29) is 0 Å². The molecule has 0 bridgehead atoms. The van der Waals surface area contributed by atoms with Crippen LogP contribution in [0.3, 0.4) is 0 Å². The molecular weight excluding hydrogens is 390 g/mol. The van der Waals surface area contributed by atoms with E-state index in [1.807, 2.05) is 25.1 Å². The fourth-order valence-corrected chi connectivity index (χ4v) is 4.46. The van der Waals surface area contributed by atoms with Gasteiger partial charge in [0.05, 0.1) is 22.4 Å². The van der Waals surface area contributed by atoms with Crippen LogP contribution in [0.5, 0.6) is 0 Å². The van der Waals surface area contributed by atoms with Crippen molar-refractivity contribution in [3.8, 4) is 28.2 Å². The minimum atomic E-state index is 0.769. The van der Waals surface area contributed by atoms with Crippen molar-refractivity contribution in [2.24, 2.45) is 0 Å². The molecule has 3 heteroatoms. The third kappa shape index (κ3) is 3.07. The first-order chi connectivity index (χ1) is 15.8. The average Bonchev–Trinajstić information content (AvgIpc) is 3.18. The quantitative estimate of drug-likeness (QED) is 0.308. The summed E-state index contributed by atoms with van der Waals surface area (Å²) in [5.74, 6) is 0.769. The highest BCUT2D eigenvalue weighted by atomic mass is 15.0. The van der Waals surface area contributed by atoms with Gasteiger partial charge in [0, 0.05) is 27.6 Å². The summed E-state index contributed by atoms with van der Waals surface area (Å²) in [6.45, 7) is 1.95. The summed E-state index contributed by atoms with van der Waals surface area (Å²) < 4.78 is 2.33. The number of fused-ring (bicyclic) bond motifs is 3. The molecule has 0 fully saturated rings. The third-order valence-corrected chi connectivity index (χ3v) is 5.89. The van der Waals surface area contributed by atoms with Gasteiger partial charge in [-0.3, -0.25) is 0 Å². The molecular formula is C29H21N3. The van der Waals surface area contributed by atoms with Gasteiger partial charge in [0.2, 0.25) is 0 Å². The van der Waals surface area contributed by atoms with Crippen molar-refractivity contribution in [2.45, 2.75) is 6.92 Å². The van der Waals surface area contributed by atoms with Gasteiger partial charge in [-0.25, -0.2) is 9.97 Å². The Bertz CT molecular complexity index is 1560. The van der Waals surface area contributed by atoms with E-state index in [0.717, 1.165) is 34.0 Å². The minimum Gasteiger partial charge on any atom is -0.309 e. The molecule has 6 aromatic rings. The molecule has 0 amide bonds. The molecule has 0 atom stereocenters. The Labute approximate surface area is 186 Å². The van der Waals surface area contributed by atoms with Gasteiger partial charge >= 0.3 is 0 Å². The largest absolute Gasteiger partial charge is 0.309 e. The molecule has 152 valence electrons. The lowest BCUT2D eigenvalue weighted by molar-refractivity contribution is 1.06. The van der Waals surface area contributed by atoms with Crippen LogP contribution in [0.15, 0.2) is 109 Å². The molecule has 6 rings (SSSR count). The highest BCUT2D eigenvalue weighted by Gasteiger charge is 2.14. The topological polar surface area (TPSA) is 30.7 Å². The second-order valence-electron chi connectivity index (χ2n) is 7.97. The van der Waals surface area contributed by atoms with Gasteiger partial charge in [0.15, 0.2) is 0 Å². The standard InChI is InChI=1S/C29H21N3/c1-20-30-26(21-10-4-2-5-11-21)19-27(31-20)22-16-17-25-24-14-8-9-15-28(24)32(29(25)18-22)23-12-6-3-7-13-23/h2-19H,1H3. The van der Waals surface area contributed by atoms with Crippen LogP contribution in [-0.4, -0.2) is 14.5 Å². The predicted octanol–water partition coefficient (Wildman–Crippen LogP) is 7.22. The van der Waals surface area contributed by atoms with Crippen molar-refractivity contribution in [1.29, 1.82) is 0 Å². The number of aryl methyl sites for hydroxylation is 1. The van der Waals surface area contributed by atoms with E-state index in [2.05, 4.69) is 101 Å². The molecule has 2 aromatic heterocycles. The van der Waals surface area contributed by atoms with Gasteiger partial charge in [0.1, 0.15) is 5.82 Å². The fourth-order valence-electron chi connectivity index (χ4n) is 4.46. The average molecular weight is 412 g/mol. The Morgan fingerprint density at radius 2 is 1.16 bits per heavy atom. The van der Waals surface area contributed by atoms with Gasteiger partial charge in [-0.05, 0) is 37.3 Å². The lowest BCUT2D eigenvalue weighted by atomic mass is 10.1. The van der Waals surface area contributed by atoms with Crippen molar-refractivity contribution in [3.63, 3.8) is 0 Å². The van der Waals surface area contributed by atoms with E-state index in [9.17, 15) is 0 Å². The van der Waals surface area contributed by atoms with Gasteiger partial charge in [0.25, 0.3) is 0 Å². The Morgan fingerprint density at radius 3 is 1.94 bits per heavy atom. The molecule has 0 saturated heterocycles. The van der Waals surface area contributed by atoms with Gasteiger partial charge in [-0.1, -0.05) is 78.9 Å². The van der Waals surface area contributed by atoms with Crippen LogP contribution in [0.25, 0.3) is 50.0 Å². The molecule has 0 spiro atoms. The van der Waals surface area contributed by atoms with E-state index in [0.29, 0.717) is 0 Å². The maximum absolute atomic E-state index is 4.77. The summed E-state index contributed by atoms with van der Waals surface area (Å²) in [5, 5.41) is 2.49. The number of benzene rings is 4. The van der Waals surface area contributed by atoms with Gasteiger partial charge < -0.3 is 4.57 Å². The fraction of sp³-hybridized carbons (Fsp3) is 0.0345. The Hall–Kier alpha value is -4.24. The summed E-state index contributed by atoms with van der Waals surface area (Å²) in [7, 11) is 0. The number of nitrogens with zero attached hydrogens (tertiary/aromatic N) is 3. The molecule has 0 radical (unpaired) electrons. The maximum Gasteiger partial charge on any atom is 0.126 e. The van der Waals surface area contributed by atoms with Crippen LogP contribution in [0, 0.1) is 6.92 Å². The number of para-hydroxylation sites is 2. The predicted molar refractivity (Wildman–Crippen MR) is 132 cm³/mol. The van der Waals surface area contributed by atoms with Gasteiger partial charge in [-0.15, -0.1) is 0 Å². The summed E-state index contributed by atoms with van der Waals surface area (Å²) >= 11 is 0. The molecule has 0 aliphatic heterocycles. The molecule has 0 saturated carbocycles. The van der Waals surface area contributed by atoms with E-state index >= 15 is 0 Å². The first kappa shape index (κ1) is 18.5. The van der Waals surface area contributed by atoms with Crippen LogP contribution in [0.1, 0.15) is 5.82 Å². The summed E-state index contributed by atoms with van der Waals surface area (Å²) in [4.78, 5) is 9.45. The minimum absolute atomic E-state index is 0.769. The van der Waals surface area contributed by atoms with Crippen LogP contribution in [0.2, 0.25) is 0 Å². The van der Waals surface area contributed by atoms with Gasteiger partial charge in [-0.2, -0.15) is 0 Å². The number of hydrogen-bond donors (Lipinski definition) is 0. The lowest BCUT2D eigenvalue weighted by Gasteiger charge is -2.10. The van der Waals surface area contributed by atoms with E-state index in [1.165, 1.54) is 21.8 Å². The monoisotopic (exact) mass is 411 g/mol. The van der Waals surface area contributed by atoms with Crippen LogP contribution < -0.4 is 0 Å². The summed E-state index contributed by atoms with van der Waals surface area (Å²) in [6.07, 6.45) is 0. The van der Waals surface area contributed by atoms with Crippen molar-refractivity contribution >= 4 is 21.8 Å². The van der Waals surface area contributed by atoms with E-state index in [1.54, 1.807) is 0 Å². The smallest absolute Gasteiger partial charge is 0.126 e. The van der Waals surface area contributed by atoms with Crippen LogP contribution in [0.4, 0.5) is 0 Å². The number of rotatable bonds is 3. The van der Waals surface area contributed by atoms with Crippen molar-refractivity contribution < 1.29 is 0 Å². The first-order valence-corrected chi connectivity index (χ1v) is 10.8. The zero-order valence-corrected chi connectivity index (χ0v) is 17.7.